The smallest absolute Gasteiger partial charge is 0.405 e. The summed E-state index contributed by atoms with van der Waals surface area (Å²) in [5.41, 5.74) is -0.925. The van der Waals surface area contributed by atoms with Gasteiger partial charge in [-0.15, -0.1) is 0 Å². The molecule has 2 unspecified atom stereocenters. The maximum absolute atomic E-state index is 13.3. The largest absolute Gasteiger partial charge is 0.477 e. The number of halogens is 1. The average Bonchev–Trinajstić information content (AvgIpc) is 2.83. The van der Waals surface area contributed by atoms with Crippen LogP contribution in [-0.2, 0) is 4.79 Å². The molecule has 10 heteroatoms. The van der Waals surface area contributed by atoms with E-state index in [1.807, 2.05) is 44.2 Å². The van der Waals surface area contributed by atoms with E-state index in [-0.39, 0.29) is 24.4 Å². The van der Waals surface area contributed by atoms with E-state index >= 15 is 0 Å². The Kier molecular flexibility index (Phi) is 9.50. The van der Waals surface area contributed by atoms with E-state index in [9.17, 15) is 19.8 Å². The van der Waals surface area contributed by atoms with E-state index in [1.54, 1.807) is 6.07 Å². The normalized spacial score (nSPS) is 17.7. The molecule has 196 valence electrons. The third kappa shape index (κ3) is 7.07. The molecule has 0 bridgehead atoms. The maximum atomic E-state index is 13.3. The molecule has 1 aliphatic rings. The van der Waals surface area contributed by atoms with Crippen LogP contribution in [0, 0.1) is 5.41 Å². The highest BCUT2D eigenvalue weighted by Gasteiger charge is 2.51. The van der Waals surface area contributed by atoms with Gasteiger partial charge in [-0.2, -0.15) is 4.98 Å². The van der Waals surface area contributed by atoms with Crippen LogP contribution >= 0.6 is 11.6 Å². The van der Waals surface area contributed by atoms with Crippen molar-refractivity contribution in [1.29, 1.82) is 0 Å². The molecule has 0 radical (unpaired) electrons. The summed E-state index contributed by atoms with van der Waals surface area (Å²) in [7, 11) is 0. The molecule has 1 heterocycles. The molecular weight excluding hydrogens is 484 g/mol. The van der Waals surface area contributed by atoms with Crippen molar-refractivity contribution in [3.05, 3.63) is 53.4 Å². The van der Waals surface area contributed by atoms with E-state index in [2.05, 4.69) is 20.6 Å². The number of carbonyl (C=O) groups excluding carboxylic acids is 1. The lowest BCUT2D eigenvalue weighted by Crippen LogP contribution is -2.64. The van der Waals surface area contributed by atoms with Crippen LogP contribution in [0.5, 0.6) is 5.88 Å². The zero-order chi connectivity index (χ0) is 26.2. The predicted molar refractivity (Wildman–Crippen MR) is 136 cm³/mol. The standard InChI is InChI=1S/C26H35ClN4O5/c1-3-4-14-26(31-24(34)35,21(32)22(33)29-18(2)19-9-6-5-7-10-19)16-25(12-8-13-25)17-36-20-11-15-28-23(27)30-20/h5-7,9-11,15,18,21,31-32H,3-4,8,12-14,16-17H2,1-2H3,(H,29,33)(H,34,35)/t18-,21?,26?/m1/s1. The lowest BCUT2D eigenvalue weighted by atomic mass is 9.61. The second-order valence-corrected chi connectivity index (χ2v) is 10.1. The minimum Gasteiger partial charge on any atom is -0.477 e. The van der Waals surface area contributed by atoms with E-state index in [0.717, 1.165) is 31.2 Å². The van der Waals surface area contributed by atoms with Crippen molar-refractivity contribution in [2.75, 3.05) is 6.61 Å². The van der Waals surface area contributed by atoms with Gasteiger partial charge in [0.05, 0.1) is 18.2 Å². The first-order valence-corrected chi connectivity index (χ1v) is 12.7. The van der Waals surface area contributed by atoms with Crippen molar-refractivity contribution in [1.82, 2.24) is 20.6 Å². The number of unbranched alkanes of at least 4 members (excludes halogenated alkanes) is 1. The van der Waals surface area contributed by atoms with Crippen molar-refractivity contribution >= 4 is 23.6 Å². The molecule has 36 heavy (non-hydrogen) atoms. The summed E-state index contributed by atoms with van der Waals surface area (Å²) < 4.78 is 5.92. The predicted octanol–water partition coefficient (Wildman–Crippen LogP) is 4.50. The number of aliphatic hydroxyl groups excluding tert-OH is 1. The molecule has 0 spiro atoms. The number of amides is 2. The lowest BCUT2D eigenvalue weighted by molar-refractivity contribution is -0.137. The summed E-state index contributed by atoms with van der Waals surface area (Å²) in [6.07, 6.45) is 3.09. The van der Waals surface area contributed by atoms with Gasteiger partial charge in [0.1, 0.15) is 0 Å². The number of nitrogens with one attached hydrogen (secondary N) is 2. The number of hydrogen-bond donors (Lipinski definition) is 4. The van der Waals surface area contributed by atoms with Crippen molar-refractivity contribution in [2.45, 2.75) is 76.5 Å². The maximum Gasteiger partial charge on any atom is 0.405 e. The molecule has 9 nitrogen and oxygen atoms in total. The number of ether oxygens (including phenoxy) is 1. The first kappa shape index (κ1) is 27.7. The van der Waals surface area contributed by atoms with E-state index in [4.69, 9.17) is 16.3 Å². The van der Waals surface area contributed by atoms with Crippen molar-refractivity contribution in [2.24, 2.45) is 5.41 Å². The van der Waals surface area contributed by atoms with Gasteiger partial charge in [0.15, 0.2) is 6.10 Å². The van der Waals surface area contributed by atoms with Crippen LogP contribution in [0.3, 0.4) is 0 Å². The first-order chi connectivity index (χ1) is 17.2. The molecule has 1 saturated carbocycles. The van der Waals surface area contributed by atoms with Crippen LogP contribution in [0.15, 0.2) is 42.6 Å². The second-order valence-electron chi connectivity index (χ2n) is 9.72. The fourth-order valence-corrected chi connectivity index (χ4v) is 5.06. The third-order valence-corrected chi connectivity index (χ3v) is 7.18. The quantitative estimate of drug-likeness (QED) is 0.287. The molecule has 2 aromatic rings. The van der Waals surface area contributed by atoms with Crippen molar-refractivity contribution < 1.29 is 24.5 Å². The van der Waals surface area contributed by atoms with E-state index < -0.39 is 29.1 Å². The fourth-order valence-electron chi connectivity index (χ4n) is 4.92. The van der Waals surface area contributed by atoms with Crippen LogP contribution in [-0.4, -0.2) is 50.4 Å². The van der Waals surface area contributed by atoms with Gasteiger partial charge in [0.2, 0.25) is 11.2 Å². The summed E-state index contributed by atoms with van der Waals surface area (Å²) in [4.78, 5) is 33.1. The number of aliphatic hydroxyl groups is 1. The van der Waals surface area contributed by atoms with Gasteiger partial charge >= 0.3 is 6.09 Å². The monoisotopic (exact) mass is 518 g/mol. The number of aromatic nitrogens is 2. The summed E-state index contributed by atoms with van der Waals surface area (Å²) in [5.74, 6) is -0.296. The van der Waals surface area contributed by atoms with Gasteiger partial charge in [-0.25, -0.2) is 9.78 Å². The van der Waals surface area contributed by atoms with Gasteiger partial charge in [0.25, 0.3) is 5.91 Å². The average molecular weight is 519 g/mol. The summed E-state index contributed by atoms with van der Waals surface area (Å²) >= 11 is 5.87. The van der Waals surface area contributed by atoms with Crippen LogP contribution in [0.1, 0.15) is 70.4 Å². The Morgan fingerprint density at radius 2 is 1.97 bits per heavy atom. The van der Waals surface area contributed by atoms with Gasteiger partial charge in [-0.05, 0) is 49.8 Å². The number of rotatable bonds is 13. The minimum absolute atomic E-state index is 0.0691. The lowest BCUT2D eigenvalue weighted by Gasteiger charge is -2.49. The van der Waals surface area contributed by atoms with Crippen LogP contribution < -0.4 is 15.4 Å². The highest BCUT2D eigenvalue weighted by Crippen LogP contribution is 2.49. The number of benzene rings is 1. The molecule has 3 atom stereocenters. The summed E-state index contributed by atoms with van der Waals surface area (Å²) in [6, 6.07) is 10.6. The molecule has 0 saturated heterocycles. The Hall–Kier alpha value is -2.91. The Bertz CT molecular complexity index is 1020. The topological polar surface area (TPSA) is 134 Å². The Labute approximate surface area is 216 Å². The molecule has 2 amide bonds. The first-order valence-electron chi connectivity index (χ1n) is 12.3. The number of carbonyl (C=O) groups is 2. The van der Waals surface area contributed by atoms with E-state index in [0.29, 0.717) is 18.7 Å². The zero-order valence-corrected chi connectivity index (χ0v) is 21.5. The summed E-state index contributed by atoms with van der Waals surface area (Å²) in [5, 5.41) is 26.6. The molecule has 1 aromatic heterocycles. The Balaban J connectivity index is 1.83. The third-order valence-electron chi connectivity index (χ3n) is 6.99. The molecule has 1 aliphatic carbocycles. The van der Waals surface area contributed by atoms with Crippen molar-refractivity contribution in [3.8, 4) is 5.88 Å². The molecule has 1 aromatic carbocycles. The Morgan fingerprint density at radius 3 is 2.56 bits per heavy atom. The number of nitrogens with zero attached hydrogens (tertiary/aromatic N) is 2. The summed E-state index contributed by atoms with van der Waals surface area (Å²) in [6.45, 7) is 4.06. The molecule has 4 N–H and O–H groups in total. The van der Waals surface area contributed by atoms with Crippen molar-refractivity contribution in [3.63, 3.8) is 0 Å². The number of hydrogen-bond acceptors (Lipinski definition) is 6. The van der Waals surface area contributed by atoms with E-state index in [1.165, 1.54) is 6.20 Å². The van der Waals surface area contributed by atoms with Gasteiger partial charge in [-0.1, -0.05) is 56.5 Å². The minimum atomic E-state index is -1.59. The fraction of sp³-hybridized carbons (Fsp3) is 0.538. The Morgan fingerprint density at radius 1 is 1.25 bits per heavy atom. The second kappa shape index (κ2) is 12.4. The molecule has 0 aliphatic heterocycles. The molecule has 1 fully saturated rings. The molecule has 3 rings (SSSR count). The van der Waals surface area contributed by atoms with Crippen LogP contribution in [0.4, 0.5) is 4.79 Å². The SMILES string of the molecule is CCCCC(CC1(COc2ccnc(Cl)n2)CCC1)(NC(=O)O)C(O)C(=O)N[C@H](C)c1ccccc1. The van der Waals surface area contributed by atoms with Crippen LogP contribution in [0.25, 0.3) is 0 Å². The van der Waals surface area contributed by atoms with Gasteiger partial charge in [-0.3, -0.25) is 4.79 Å². The van der Waals surface area contributed by atoms with Gasteiger partial charge < -0.3 is 25.6 Å². The molecular formula is C26H35ClN4O5. The van der Waals surface area contributed by atoms with Gasteiger partial charge in [0, 0.05) is 17.7 Å². The highest BCUT2D eigenvalue weighted by molar-refractivity contribution is 6.28. The number of carboxylic acid groups (broad SMARTS) is 1. The van der Waals surface area contributed by atoms with Crippen LogP contribution in [0.2, 0.25) is 5.28 Å². The highest BCUT2D eigenvalue weighted by atomic mass is 35.5. The zero-order valence-electron chi connectivity index (χ0n) is 20.7.